The molecule has 9 heteroatoms. The van der Waals surface area contributed by atoms with Crippen LogP contribution >= 0.6 is 0 Å². The molecule has 1 rings (SSSR count). The average Bonchev–Trinajstić information content (AvgIpc) is 2.08. The monoisotopic (exact) mass is 246 g/mol. The van der Waals surface area contributed by atoms with E-state index < -0.39 is 35.7 Å². The number of aromatic nitrogens is 1. The van der Waals surface area contributed by atoms with Gasteiger partial charge in [-0.2, -0.15) is 0 Å². The van der Waals surface area contributed by atoms with E-state index in [0.29, 0.717) is 6.20 Å². The molecule has 0 aromatic carbocycles. The van der Waals surface area contributed by atoms with Crippen molar-refractivity contribution in [3.8, 4) is 5.75 Å². The molecule has 16 heavy (non-hydrogen) atoms. The predicted octanol–water partition coefficient (Wildman–Crippen LogP) is 2.64. The van der Waals surface area contributed by atoms with Crippen molar-refractivity contribution in [1.82, 2.24) is 4.98 Å². The highest BCUT2D eigenvalue weighted by Gasteiger charge is 2.36. The summed E-state index contributed by atoms with van der Waals surface area (Å²) in [6.45, 7) is 0. The molecule has 0 unspecified atom stereocenters. The third kappa shape index (κ3) is 2.67. The molecule has 90 valence electrons. The number of pyridine rings is 1. The SMILES string of the molecule is Nc1ncc(F)c(C(F)F)c1OC(F)(F)F. The van der Waals surface area contributed by atoms with Gasteiger partial charge in [0.25, 0.3) is 6.43 Å². The molecular weight excluding hydrogens is 242 g/mol. The first-order valence-corrected chi connectivity index (χ1v) is 3.70. The van der Waals surface area contributed by atoms with E-state index in [0.717, 1.165) is 0 Å². The highest BCUT2D eigenvalue weighted by molar-refractivity contribution is 5.52. The Balaban J connectivity index is 3.29. The Kier molecular flexibility index (Phi) is 3.15. The average molecular weight is 246 g/mol. The molecule has 0 aliphatic rings. The fourth-order valence-corrected chi connectivity index (χ4v) is 0.927. The first-order valence-electron chi connectivity index (χ1n) is 3.70. The third-order valence-electron chi connectivity index (χ3n) is 1.49. The third-order valence-corrected chi connectivity index (χ3v) is 1.49. The molecule has 2 N–H and O–H groups in total. The van der Waals surface area contributed by atoms with Crippen LogP contribution in [0, 0.1) is 5.82 Å². The lowest BCUT2D eigenvalue weighted by atomic mass is 10.2. The molecule has 0 saturated carbocycles. The van der Waals surface area contributed by atoms with E-state index in [1.807, 2.05) is 0 Å². The van der Waals surface area contributed by atoms with Gasteiger partial charge in [-0.3, -0.25) is 0 Å². The van der Waals surface area contributed by atoms with Crippen LogP contribution in [0.1, 0.15) is 12.0 Å². The van der Waals surface area contributed by atoms with Crippen LogP contribution in [0.4, 0.5) is 32.2 Å². The Bertz CT molecular complexity index is 391. The van der Waals surface area contributed by atoms with Gasteiger partial charge in [0.05, 0.1) is 6.20 Å². The van der Waals surface area contributed by atoms with Crippen molar-refractivity contribution in [3.63, 3.8) is 0 Å². The van der Waals surface area contributed by atoms with Gasteiger partial charge in [-0.25, -0.2) is 18.2 Å². The normalized spacial score (nSPS) is 11.9. The van der Waals surface area contributed by atoms with Gasteiger partial charge in [0.2, 0.25) is 0 Å². The van der Waals surface area contributed by atoms with Crippen molar-refractivity contribution < 1.29 is 31.1 Å². The van der Waals surface area contributed by atoms with Crippen molar-refractivity contribution in [1.29, 1.82) is 0 Å². The van der Waals surface area contributed by atoms with Crippen molar-refractivity contribution in [2.45, 2.75) is 12.8 Å². The lowest BCUT2D eigenvalue weighted by Crippen LogP contribution is -2.20. The van der Waals surface area contributed by atoms with Gasteiger partial charge in [-0.1, -0.05) is 0 Å². The first kappa shape index (κ1) is 12.4. The van der Waals surface area contributed by atoms with E-state index in [1.165, 1.54) is 0 Å². The fraction of sp³-hybridized carbons (Fsp3) is 0.286. The molecule has 3 nitrogen and oxygen atoms in total. The number of ether oxygens (including phenoxy) is 1. The van der Waals surface area contributed by atoms with E-state index in [9.17, 15) is 26.3 Å². The van der Waals surface area contributed by atoms with Gasteiger partial charge in [0.1, 0.15) is 5.56 Å². The second kappa shape index (κ2) is 4.06. The molecule has 1 aromatic heterocycles. The number of halogens is 6. The molecule has 0 amide bonds. The molecule has 0 spiro atoms. The minimum atomic E-state index is -5.26. The number of anilines is 1. The van der Waals surface area contributed by atoms with Crippen LogP contribution in [0.5, 0.6) is 5.75 Å². The zero-order valence-corrected chi connectivity index (χ0v) is 7.36. The zero-order chi connectivity index (χ0) is 12.5. The Morgan fingerprint density at radius 1 is 1.31 bits per heavy atom. The molecule has 1 aromatic rings. The van der Waals surface area contributed by atoms with Gasteiger partial charge in [-0.05, 0) is 0 Å². The molecule has 1 heterocycles. The zero-order valence-electron chi connectivity index (χ0n) is 7.36. The molecule has 0 aliphatic carbocycles. The van der Waals surface area contributed by atoms with E-state index in [4.69, 9.17) is 5.73 Å². The van der Waals surface area contributed by atoms with Crippen LogP contribution in [-0.4, -0.2) is 11.3 Å². The molecular formula is C7H4F6N2O. The maximum absolute atomic E-state index is 12.8. The van der Waals surface area contributed by atoms with Gasteiger partial charge in [-0.15, -0.1) is 13.2 Å². The lowest BCUT2D eigenvalue weighted by Gasteiger charge is -2.14. The summed E-state index contributed by atoms with van der Waals surface area (Å²) in [5.74, 6) is -4.10. The second-order valence-electron chi connectivity index (χ2n) is 2.58. The number of hydrogen-bond donors (Lipinski definition) is 1. The number of alkyl halides is 5. The van der Waals surface area contributed by atoms with Crippen molar-refractivity contribution in [2.75, 3.05) is 5.73 Å². The minimum absolute atomic E-state index is 0.292. The molecule has 0 atom stereocenters. The summed E-state index contributed by atoms with van der Waals surface area (Å²) in [5.41, 5.74) is 3.33. The Morgan fingerprint density at radius 2 is 1.88 bits per heavy atom. The molecule has 0 aliphatic heterocycles. The Labute approximate surface area is 84.8 Å². The van der Waals surface area contributed by atoms with Gasteiger partial charge in [0.15, 0.2) is 17.4 Å². The molecule has 0 radical (unpaired) electrons. The maximum atomic E-state index is 12.8. The van der Waals surface area contributed by atoms with Gasteiger partial charge in [0, 0.05) is 0 Å². The van der Waals surface area contributed by atoms with Crippen molar-refractivity contribution in [2.24, 2.45) is 0 Å². The fourth-order valence-electron chi connectivity index (χ4n) is 0.927. The quantitative estimate of drug-likeness (QED) is 0.816. The number of rotatable bonds is 2. The van der Waals surface area contributed by atoms with Crippen LogP contribution in [0.15, 0.2) is 6.20 Å². The van der Waals surface area contributed by atoms with Crippen LogP contribution in [0.25, 0.3) is 0 Å². The lowest BCUT2D eigenvalue weighted by molar-refractivity contribution is -0.275. The topological polar surface area (TPSA) is 48.1 Å². The predicted molar refractivity (Wildman–Crippen MR) is 40.2 cm³/mol. The highest BCUT2D eigenvalue weighted by Crippen LogP contribution is 2.37. The smallest absolute Gasteiger partial charge is 0.401 e. The highest BCUT2D eigenvalue weighted by atomic mass is 19.4. The summed E-state index contributed by atoms with van der Waals surface area (Å²) in [6, 6.07) is 0. The standard InChI is InChI=1S/C7H4F6N2O/c8-2-1-15-6(14)4(3(2)5(9)10)16-7(11,12)13/h1,5H,(H2,14,15). The number of nitrogens with two attached hydrogens (primary N) is 1. The summed E-state index contributed by atoms with van der Waals surface area (Å²) in [4.78, 5) is 2.95. The van der Waals surface area contributed by atoms with Crippen LogP contribution in [0.3, 0.4) is 0 Å². The van der Waals surface area contributed by atoms with Crippen LogP contribution in [-0.2, 0) is 0 Å². The number of nitrogens with zero attached hydrogens (tertiary/aromatic N) is 1. The van der Waals surface area contributed by atoms with Gasteiger partial charge >= 0.3 is 6.36 Å². The Morgan fingerprint density at radius 3 is 2.31 bits per heavy atom. The van der Waals surface area contributed by atoms with Crippen molar-refractivity contribution >= 4 is 5.82 Å². The molecule has 0 bridgehead atoms. The summed E-state index contributed by atoms with van der Waals surface area (Å²) in [7, 11) is 0. The minimum Gasteiger partial charge on any atom is -0.401 e. The molecule has 0 fully saturated rings. The summed E-state index contributed by atoms with van der Waals surface area (Å²) in [5, 5.41) is 0. The van der Waals surface area contributed by atoms with Crippen molar-refractivity contribution in [3.05, 3.63) is 17.6 Å². The van der Waals surface area contributed by atoms with E-state index in [-0.39, 0.29) is 0 Å². The number of nitrogen functional groups attached to an aromatic ring is 1. The second-order valence-corrected chi connectivity index (χ2v) is 2.58. The first-order chi connectivity index (χ1) is 7.22. The van der Waals surface area contributed by atoms with E-state index in [1.54, 1.807) is 0 Å². The van der Waals surface area contributed by atoms with E-state index >= 15 is 0 Å². The van der Waals surface area contributed by atoms with Crippen LogP contribution < -0.4 is 10.5 Å². The largest absolute Gasteiger partial charge is 0.573 e. The molecule has 0 saturated heterocycles. The summed E-state index contributed by atoms with van der Waals surface area (Å²) < 4.78 is 76.0. The summed E-state index contributed by atoms with van der Waals surface area (Å²) >= 11 is 0. The van der Waals surface area contributed by atoms with E-state index in [2.05, 4.69) is 9.72 Å². The Hall–Kier alpha value is -1.67. The van der Waals surface area contributed by atoms with Gasteiger partial charge < -0.3 is 10.5 Å². The van der Waals surface area contributed by atoms with Crippen LogP contribution in [0.2, 0.25) is 0 Å². The maximum Gasteiger partial charge on any atom is 0.573 e. The summed E-state index contributed by atoms with van der Waals surface area (Å²) in [6.07, 6.45) is -8.46. The number of hydrogen-bond acceptors (Lipinski definition) is 3.